The lowest BCUT2D eigenvalue weighted by Gasteiger charge is -2.54. The van der Waals surface area contributed by atoms with Gasteiger partial charge in [0.05, 0.1) is 32.0 Å². The largest absolute Gasteiger partial charge is 0.394 e. The van der Waals surface area contributed by atoms with E-state index >= 15 is 0 Å². The van der Waals surface area contributed by atoms with Crippen molar-refractivity contribution in [3.05, 3.63) is 22.8 Å². The van der Waals surface area contributed by atoms with Gasteiger partial charge in [0.2, 0.25) is 0 Å². The normalized spacial score (nSPS) is 57.2. The monoisotopic (exact) mass is 810 g/mol. The van der Waals surface area contributed by atoms with E-state index in [2.05, 4.69) is 19.9 Å². The van der Waals surface area contributed by atoms with Gasteiger partial charge < -0.3 is 79.1 Å². The molecule has 4 aliphatic carbocycles. The van der Waals surface area contributed by atoms with E-state index in [1.165, 1.54) is 16.7 Å². The van der Waals surface area contributed by atoms with E-state index in [4.69, 9.17) is 33.2 Å². The lowest BCUT2D eigenvalue weighted by Crippen LogP contribution is -2.65. The number of allylic oxidation sites excluding steroid dienone is 4. The Morgan fingerprint density at radius 2 is 1.49 bits per heavy atom. The molecule has 16 heteroatoms. The minimum atomic E-state index is -1.75. The van der Waals surface area contributed by atoms with Gasteiger partial charge in [-0.1, -0.05) is 32.4 Å². The first kappa shape index (κ1) is 41.2. The van der Waals surface area contributed by atoms with Crippen LogP contribution in [0, 0.1) is 34.5 Å². The van der Waals surface area contributed by atoms with E-state index in [-0.39, 0.29) is 40.6 Å². The lowest BCUT2D eigenvalue weighted by molar-refractivity contribution is -0.373. The summed E-state index contributed by atoms with van der Waals surface area (Å²) in [4.78, 5) is 0. The van der Waals surface area contributed by atoms with Crippen LogP contribution in [0.1, 0.15) is 79.1 Å². The average Bonchev–Trinajstić information content (AvgIpc) is 3.83. The van der Waals surface area contributed by atoms with Crippen LogP contribution in [0.5, 0.6) is 0 Å². The highest BCUT2D eigenvalue weighted by molar-refractivity contribution is 5.50. The second-order valence-corrected chi connectivity index (χ2v) is 19.1. The quantitative estimate of drug-likeness (QED) is 0.157. The summed E-state index contributed by atoms with van der Waals surface area (Å²) in [6, 6.07) is 0. The van der Waals surface area contributed by atoms with Gasteiger partial charge in [-0.05, 0) is 92.1 Å². The van der Waals surface area contributed by atoms with Crippen molar-refractivity contribution in [1.82, 2.24) is 0 Å². The van der Waals surface area contributed by atoms with E-state index < -0.39 is 105 Å². The summed E-state index contributed by atoms with van der Waals surface area (Å²) in [5, 5.41) is 96.1. The predicted molar refractivity (Wildman–Crippen MR) is 194 cm³/mol. The molecule has 0 aromatic heterocycles. The Kier molecular flexibility index (Phi) is 10.5. The number of hydrogen-bond donors (Lipinski definition) is 9. The third-order valence-electron chi connectivity index (χ3n) is 16.4. The molecule has 5 heterocycles. The summed E-state index contributed by atoms with van der Waals surface area (Å²) < 4.78 is 42.7. The average molecular weight is 811 g/mol. The van der Waals surface area contributed by atoms with Gasteiger partial charge in [-0.2, -0.15) is 0 Å². The minimum absolute atomic E-state index is 0.0628. The Hall–Kier alpha value is -1.16. The zero-order chi connectivity index (χ0) is 40.6. The molecular weight excluding hydrogens is 748 g/mol. The molecule has 0 aromatic rings. The summed E-state index contributed by atoms with van der Waals surface area (Å²) in [5.74, 6) is -1.37. The molecule has 9 aliphatic rings. The summed E-state index contributed by atoms with van der Waals surface area (Å²) in [5.41, 5.74) is 2.63. The molecule has 57 heavy (non-hydrogen) atoms. The Bertz CT molecular complexity index is 1610. The van der Waals surface area contributed by atoms with Crippen molar-refractivity contribution < 1.29 is 79.1 Å². The van der Waals surface area contributed by atoms with Crippen LogP contribution in [0.4, 0.5) is 0 Å². The number of aliphatic hydroxyl groups is 9. The van der Waals surface area contributed by atoms with Gasteiger partial charge in [-0.25, -0.2) is 0 Å². The number of fused-ring (bicyclic) bond motifs is 7. The topological polar surface area (TPSA) is 247 Å². The van der Waals surface area contributed by atoms with E-state index in [1.807, 2.05) is 6.92 Å². The number of aliphatic hydroxyl groups excluding tert-OH is 8. The first-order valence-corrected chi connectivity index (χ1v) is 21.1. The van der Waals surface area contributed by atoms with E-state index in [1.54, 1.807) is 6.92 Å². The molecule has 0 spiro atoms. The third kappa shape index (κ3) is 5.92. The van der Waals surface area contributed by atoms with E-state index in [9.17, 15) is 46.0 Å². The van der Waals surface area contributed by atoms with Gasteiger partial charge in [-0.15, -0.1) is 0 Å². The zero-order valence-electron chi connectivity index (χ0n) is 33.1. The van der Waals surface area contributed by atoms with Gasteiger partial charge in [0.1, 0.15) is 54.9 Å². The second-order valence-electron chi connectivity index (χ2n) is 19.1. The highest BCUT2D eigenvalue weighted by Gasteiger charge is 2.75. The molecule has 1 saturated carbocycles. The van der Waals surface area contributed by atoms with Crippen LogP contribution >= 0.6 is 0 Å². The fraction of sp³-hybridized carbons (Fsp3) is 0.902. The first-order valence-electron chi connectivity index (χ1n) is 21.1. The maximum Gasteiger partial charge on any atom is 0.197 e. The molecule has 0 aromatic carbocycles. The van der Waals surface area contributed by atoms with Crippen molar-refractivity contribution in [2.45, 2.75) is 176 Å². The number of ether oxygens (including phenoxy) is 7. The molecule has 5 aliphatic heterocycles. The zero-order valence-corrected chi connectivity index (χ0v) is 33.1. The standard InChI is InChI=1S/C41H62O16/c1-17-16-51-40(4)41(17,50)34-32(57-40)26(35(49)56-34)23-8-7-21-20-6-5-18-13-19(9-11-38(18,2)22(20)10-12-39(21,23)3)52-37-33(30(47)28(45)25(15-43)54-37)55-36-31(48)29(46)27(44)24(14-42)53-36/h7,17-19,23-37,42-50H,5-6,8-16H2,1-4H3. The maximum atomic E-state index is 11.9. The van der Waals surface area contributed by atoms with E-state index in [0.29, 0.717) is 19.4 Å². The van der Waals surface area contributed by atoms with Crippen molar-refractivity contribution in [3.8, 4) is 0 Å². The molecular formula is C41H62O16. The molecule has 16 nitrogen and oxygen atoms in total. The van der Waals surface area contributed by atoms with Gasteiger partial charge >= 0.3 is 0 Å². The Morgan fingerprint density at radius 3 is 2.21 bits per heavy atom. The van der Waals surface area contributed by atoms with Crippen LogP contribution in [0.3, 0.4) is 0 Å². The Labute approximate surface area is 332 Å². The molecule has 5 saturated heterocycles. The SMILES string of the molecule is CC1COC2(C)OC3C(C4CC=C5C6=C(CCC54C)C4(C)CCC(OC5OC(CO)C(O)C(O)C5OC5OC(CO)C(O)C(O)C5O)CC4CC6)C(O)OC3C12O. The third-order valence-corrected chi connectivity index (χ3v) is 16.4. The molecule has 22 atom stereocenters. The predicted octanol–water partition coefficient (Wildman–Crippen LogP) is -0.515. The fourth-order valence-electron chi connectivity index (χ4n) is 12.9. The van der Waals surface area contributed by atoms with Gasteiger partial charge in [0, 0.05) is 11.8 Å². The Balaban J connectivity index is 0.903. The molecule has 322 valence electrons. The number of hydrogen-bond acceptors (Lipinski definition) is 16. The molecule has 0 bridgehead atoms. The minimum Gasteiger partial charge on any atom is -0.394 e. The smallest absolute Gasteiger partial charge is 0.197 e. The van der Waals surface area contributed by atoms with Crippen LogP contribution in [0.25, 0.3) is 0 Å². The van der Waals surface area contributed by atoms with Crippen LogP contribution in [0.2, 0.25) is 0 Å². The van der Waals surface area contributed by atoms with Crippen LogP contribution in [-0.2, 0) is 33.2 Å². The van der Waals surface area contributed by atoms with Crippen molar-refractivity contribution in [2.24, 2.45) is 34.5 Å². The van der Waals surface area contributed by atoms with Gasteiger partial charge in [0.25, 0.3) is 0 Å². The molecule has 9 rings (SSSR count). The van der Waals surface area contributed by atoms with Crippen molar-refractivity contribution in [1.29, 1.82) is 0 Å². The van der Waals surface area contributed by atoms with Gasteiger partial charge in [0.15, 0.2) is 30.3 Å². The molecule has 22 unspecified atom stereocenters. The lowest BCUT2D eigenvalue weighted by atomic mass is 9.51. The highest BCUT2D eigenvalue weighted by atomic mass is 16.8. The Morgan fingerprint density at radius 1 is 0.789 bits per heavy atom. The van der Waals surface area contributed by atoms with Gasteiger partial charge in [-0.3, -0.25) is 0 Å². The first-order chi connectivity index (χ1) is 27.0. The van der Waals surface area contributed by atoms with Crippen molar-refractivity contribution in [2.75, 3.05) is 19.8 Å². The molecule has 6 fully saturated rings. The maximum absolute atomic E-state index is 11.9. The van der Waals surface area contributed by atoms with Crippen molar-refractivity contribution >= 4 is 0 Å². The summed E-state index contributed by atoms with van der Waals surface area (Å²) >= 11 is 0. The summed E-state index contributed by atoms with van der Waals surface area (Å²) in [6.45, 7) is 7.50. The number of rotatable bonds is 7. The van der Waals surface area contributed by atoms with Crippen LogP contribution in [-0.4, -0.2) is 163 Å². The summed E-state index contributed by atoms with van der Waals surface area (Å²) in [6.07, 6.45) is -8.53. The summed E-state index contributed by atoms with van der Waals surface area (Å²) in [7, 11) is 0. The second kappa shape index (κ2) is 14.5. The van der Waals surface area contributed by atoms with Crippen LogP contribution in [0.15, 0.2) is 22.8 Å². The van der Waals surface area contributed by atoms with Crippen molar-refractivity contribution in [3.63, 3.8) is 0 Å². The van der Waals surface area contributed by atoms with E-state index in [0.717, 1.165) is 38.5 Å². The molecule has 0 amide bonds. The molecule has 0 radical (unpaired) electrons. The highest BCUT2D eigenvalue weighted by Crippen LogP contribution is 2.67. The molecule has 9 N–H and O–H groups in total. The van der Waals surface area contributed by atoms with Crippen LogP contribution < -0.4 is 0 Å². The fourth-order valence-corrected chi connectivity index (χ4v) is 12.9.